The number of hydrogen-bond acceptors (Lipinski definition) is 4. The summed E-state index contributed by atoms with van der Waals surface area (Å²) in [4.78, 5) is 23.1. The minimum Gasteiger partial charge on any atom is -0.550 e. The van der Waals surface area contributed by atoms with E-state index in [-0.39, 0.29) is 18.4 Å². The van der Waals surface area contributed by atoms with Gasteiger partial charge >= 0.3 is 0 Å². The van der Waals surface area contributed by atoms with Crippen molar-refractivity contribution < 1.29 is 19.4 Å². The fourth-order valence-electron chi connectivity index (χ4n) is 2.36. The SMILES string of the molecule is Cc1ccc(NC(=O)[C@H](CC(=O)[O-])[C@@H]2CCCO2)cc1. The molecule has 1 saturated heterocycles. The molecule has 1 aromatic carbocycles. The number of benzene rings is 1. The van der Waals surface area contributed by atoms with E-state index in [0.717, 1.165) is 12.0 Å². The molecule has 0 aromatic heterocycles. The predicted molar refractivity (Wildman–Crippen MR) is 71.9 cm³/mol. The summed E-state index contributed by atoms with van der Waals surface area (Å²) in [6.07, 6.45) is 0.909. The smallest absolute Gasteiger partial charge is 0.230 e. The highest BCUT2D eigenvalue weighted by molar-refractivity contribution is 5.94. The maximum Gasteiger partial charge on any atom is 0.230 e. The van der Waals surface area contributed by atoms with Gasteiger partial charge in [0.2, 0.25) is 5.91 Å². The number of ether oxygens (including phenoxy) is 1. The third-order valence-electron chi connectivity index (χ3n) is 3.46. The predicted octanol–water partition coefficient (Wildman–Crippen LogP) is 0.869. The molecule has 0 radical (unpaired) electrons. The summed E-state index contributed by atoms with van der Waals surface area (Å²) in [6, 6.07) is 7.35. The van der Waals surface area contributed by atoms with E-state index in [1.54, 1.807) is 12.1 Å². The van der Waals surface area contributed by atoms with Gasteiger partial charge in [-0.15, -0.1) is 0 Å². The first-order valence-corrected chi connectivity index (χ1v) is 6.75. The van der Waals surface area contributed by atoms with E-state index in [9.17, 15) is 14.7 Å². The number of carbonyl (C=O) groups excluding carboxylic acids is 2. The Bertz CT molecular complexity index is 477. The topological polar surface area (TPSA) is 78.5 Å². The van der Waals surface area contributed by atoms with E-state index in [4.69, 9.17) is 4.74 Å². The van der Waals surface area contributed by atoms with Gasteiger partial charge in [0, 0.05) is 24.7 Å². The highest BCUT2D eigenvalue weighted by Crippen LogP contribution is 2.24. The van der Waals surface area contributed by atoms with Gasteiger partial charge in [-0.05, 0) is 31.9 Å². The van der Waals surface area contributed by atoms with E-state index in [0.29, 0.717) is 18.7 Å². The summed E-state index contributed by atoms with van der Waals surface area (Å²) in [5.74, 6) is -2.27. The van der Waals surface area contributed by atoms with Crippen LogP contribution in [0.2, 0.25) is 0 Å². The van der Waals surface area contributed by atoms with Gasteiger partial charge in [-0.3, -0.25) is 4.79 Å². The van der Waals surface area contributed by atoms with Crippen molar-refractivity contribution in [2.75, 3.05) is 11.9 Å². The molecule has 2 atom stereocenters. The van der Waals surface area contributed by atoms with Crippen molar-refractivity contribution in [2.24, 2.45) is 5.92 Å². The summed E-state index contributed by atoms with van der Waals surface area (Å²) < 4.78 is 5.44. The average molecular weight is 276 g/mol. The van der Waals surface area contributed by atoms with Crippen LogP contribution < -0.4 is 10.4 Å². The molecule has 1 heterocycles. The van der Waals surface area contributed by atoms with Crippen LogP contribution in [0.3, 0.4) is 0 Å². The van der Waals surface area contributed by atoms with Crippen LogP contribution in [-0.2, 0) is 14.3 Å². The number of amides is 1. The second kappa shape index (κ2) is 6.52. The molecule has 0 unspecified atom stereocenters. The summed E-state index contributed by atoms with van der Waals surface area (Å²) >= 11 is 0. The first-order valence-electron chi connectivity index (χ1n) is 6.75. The van der Waals surface area contributed by atoms with Gasteiger partial charge in [0.05, 0.1) is 12.0 Å². The lowest BCUT2D eigenvalue weighted by molar-refractivity contribution is -0.307. The number of hydrogen-bond donors (Lipinski definition) is 1. The molecule has 2 rings (SSSR count). The molecule has 1 N–H and O–H groups in total. The fourth-order valence-corrected chi connectivity index (χ4v) is 2.36. The van der Waals surface area contributed by atoms with Crippen molar-refractivity contribution >= 4 is 17.6 Å². The number of aryl methyl sites for hydroxylation is 1. The lowest BCUT2D eigenvalue weighted by Gasteiger charge is -2.22. The molecule has 0 aliphatic carbocycles. The van der Waals surface area contributed by atoms with Crippen LogP contribution in [0.5, 0.6) is 0 Å². The van der Waals surface area contributed by atoms with Crippen molar-refractivity contribution in [3.63, 3.8) is 0 Å². The van der Waals surface area contributed by atoms with Crippen molar-refractivity contribution in [3.8, 4) is 0 Å². The molecule has 1 amide bonds. The first kappa shape index (κ1) is 14.5. The van der Waals surface area contributed by atoms with Gasteiger partial charge in [0.1, 0.15) is 0 Å². The van der Waals surface area contributed by atoms with Crippen LogP contribution in [-0.4, -0.2) is 24.6 Å². The minimum atomic E-state index is -1.23. The molecule has 5 nitrogen and oxygen atoms in total. The molecule has 0 bridgehead atoms. The van der Waals surface area contributed by atoms with Crippen molar-refractivity contribution in [1.29, 1.82) is 0 Å². The van der Waals surface area contributed by atoms with Crippen LogP contribution in [0.25, 0.3) is 0 Å². The van der Waals surface area contributed by atoms with Gasteiger partial charge in [-0.2, -0.15) is 0 Å². The van der Waals surface area contributed by atoms with Gasteiger partial charge in [-0.1, -0.05) is 17.7 Å². The molecular weight excluding hydrogens is 258 g/mol. The monoisotopic (exact) mass is 276 g/mol. The number of carboxylic acids is 1. The number of rotatable bonds is 5. The Hall–Kier alpha value is -1.88. The maximum atomic E-state index is 12.2. The lowest BCUT2D eigenvalue weighted by atomic mass is 9.95. The standard InChI is InChI=1S/C15H19NO4/c1-10-4-6-11(7-5-10)16-15(19)12(9-14(17)18)13-3-2-8-20-13/h4-7,12-13H,2-3,8-9H2,1H3,(H,16,19)(H,17,18)/p-1/t12-,13+/m1/s1. The lowest BCUT2D eigenvalue weighted by Crippen LogP contribution is -2.38. The van der Waals surface area contributed by atoms with Crippen molar-refractivity contribution in [1.82, 2.24) is 0 Å². The number of aliphatic carboxylic acids is 1. The van der Waals surface area contributed by atoms with Crippen molar-refractivity contribution in [2.45, 2.75) is 32.3 Å². The summed E-state index contributed by atoms with van der Waals surface area (Å²) in [5, 5.41) is 13.6. The third-order valence-corrected chi connectivity index (χ3v) is 3.46. The first-order chi connectivity index (χ1) is 9.56. The molecule has 0 saturated carbocycles. The zero-order chi connectivity index (χ0) is 14.5. The number of anilines is 1. The van der Waals surface area contributed by atoms with Crippen LogP contribution in [0.4, 0.5) is 5.69 Å². The Labute approximate surface area is 117 Å². The van der Waals surface area contributed by atoms with Crippen LogP contribution in [0.15, 0.2) is 24.3 Å². The van der Waals surface area contributed by atoms with Gasteiger partial charge < -0.3 is 20.0 Å². The maximum absolute atomic E-state index is 12.2. The highest BCUT2D eigenvalue weighted by atomic mass is 16.5. The Morgan fingerprint density at radius 3 is 2.65 bits per heavy atom. The summed E-state index contributed by atoms with van der Waals surface area (Å²) in [5.41, 5.74) is 1.75. The normalized spacial score (nSPS) is 19.6. The van der Waals surface area contributed by atoms with E-state index in [1.807, 2.05) is 19.1 Å². The van der Waals surface area contributed by atoms with E-state index >= 15 is 0 Å². The molecule has 108 valence electrons. The third kappa shape index (κ3) is 3.81. The number of carbonyl (C=O) groups is 2. The van der Waals surface area contributed by atoms with E-state index in [1.165, 1.54) is 0 Å². The fraction of sp³-hybridized carbons (Fsp3) is 0.467. The van der Waals surface area contributed by atoms with Crippen molar-refractivity contribution in [3.05, 3.63) is 29.8 Å². The molecule has 1 aromatic rings. The summed E-state index contributed by atoms with van der Waals surface area (Å²) in [6.45, 7) is 2.53. The molecule has 1 aliphatic rings. The Morgan fingerprint density at radius 2 is 2.10 bits per heavy atom. The van der Waals surface area contributed by atoms with Crippen LogP contribution in [0, 0.1) is 12.8 Å². The molecule has 1 aliphatic heterocycles. The zero-order valence-electron chi connectivity index (χ0n) is 11.4. The number of carboxylic acid groups (broad SMARTS) is 1. The Kier molecular flexibility index (Phi) is 4.74. The Morgan fingerprint density at radius 1 is 1.40 bits per heavy atom. The number of nitrogens with one attached hydrogen (secondary N) is 1. The second-order valence-corrected chi connectivity index (χ2v) is 5.09. The molecule has 20 heavy (non-hydrogen) atoms. The highest BCUT2D eigenvalue weighted by Gasteiger charge is 2.31. The van der Waals surface area contributed by atoms with Crippen LogP contribution >= 0.6 is 0 Å². The van der Waals surface area contributed by atoms with E-state index in [2.05, 4.69) is 5.32 Å². The van der Waals surface area contributed by atoms with Crippen LogP contribution in [0.1, 0.15) is 24.8 Å². The molecule has 0 spiro atoms. The molecule has 5 heteroatoms. The zero-order valence-corrected chi connectivity index (χ0v) is 11.4. The minimum absolute atomic E-state index is 0.317. The second-order valence-electron chi connectivity index (χ2n) is 5.09. The van der Waals surface area contributed by atoms with Gasteiger partial charge in [0.25, 0.3) is 0 Å². The Balaban J connectivity index is 2.05. The molecule has 1 fully saturated rings. The summed E-state index contributed by atoms with van der Waals surface area (Å²) in [7, 11) is 0. The average Bonchev–Trinajstić information content (AvgIpc) is 2.92. The van der Waals surface area contributed by atoms with Gasteiger partial charge in [-0.25, -0.2) is 0 Å². The largest absolute Gasteiger partial charge is 0.550 e. The van der Waals surface area contributed by atoms with Gasteiger partial charge in [0.15, 0.2) is 0 Å². The quantitative estimate of drug-likeness (QED) is 0.865. The molecular formula is C15H18NO4-. The van der Waals surface area contributed by atoms with E-state index < -0.39 is 11.9 Å².